The maximum absolute atomic E-state index is 7.54. The Morgan fingerprint density at radius 2 is 1.89 bits per heavy atom. The number of aromatic nitrogens is 1. The predicted octanol–water partition coefficient (Wildman–Crippen LogP) is 4.97. The molecule has 0 unspecified atom stereocenters. The Labute approximate surface area is 227 Å². The Balaban J connectivity index is 1.24. The van der Waals surface area contributed by atoms with Crippen molar-refractivity contribution in [2.24, 2.45) is 11.3 Å². The van der Waals surface area contributed by atoms with Crippen molar-refractivity contribution in [3.63, 3.8) is 0 Å². The first-order valence-corrected chi connectivity index (χ1v) is 14.8. The first-order chi connectivity index (χ1) is 18.4. The first-order valence-electron chi connectivity index (χ1n) is 14.8. The molecule has 0 amide bonds. The van der Waals surface area contributed by atoms with Crippen molar-refractivity contribution < 1.29 is 9.47 Å². The lowest BCUT2D eigenvalue weighted by Crippen LogP contribution is -2.56. The van der Waals surface area contributed by atoms with E-state index in [0.717, 1.165) is 56.0 Å². The van der Waals surface area contributed by atoms with Crippen LogP contribution in [0.15, 0.2) is 60.0 Å². The largest absolute Gasteiger partial charge is 0.379 e. The van der Waals surface area contributed by atoms with Crippen molar-refractivity contribution in [1.82, 2.24) is 9.88 Å². The van der Waals surface area contributed by atoms with Crippen LogP contribution in [0.1, 0.15) is 69.8 Å². The molecule has 1 aromatic rings. The smallest absolute Gasteiger partial charge is 0.0974 e. The third-order valence-electron chi connectivity index (χ3n) is 11.1. The molecule has 4 heterocycles. The Morgan fingerprint density at radius 1 is 1.03 bits per heavy atom. The molecule has 1 aromatic heterocycles. The average molecular weight is 511 g/mol. The molecule has 3 aliphatic carbocycles. The molecule has 7 rings (SSSR count). The van der Waals surface area contributed by atoms with Crippen LogP contribution >= 0.6 is 0 Å². The molecule has 2 bridgehead atoms. The lowest BCUT2D eigenvalue weighted by atomic mass is 9.58. The lowest BCUT2D eigenvalue weighted by Gasteiger charge is -2.55. The van der Waals surface area contributed by atoms with E-state index >= 15 is 0 Å². The highest BCUT2D eigenvalue weighted by Crippen LogP contribution is 2.69. The zero-order chi connectivity index (χ0) is 26.0. The molecule has 2 saturated carbocycles. The molecule has 200 valence electrons. The number of nitrogens with zero attached hydrogens (tertiary/aromatic N) is 2. The third kappa shape index (κ3) is 3.78. The van der Waals surface area contributed by atoms with E-state index in [0.29, 0.717) is 17.9 Å². The van der Waals surface area contributed by atoms with Gasteiger partial charge in [-0.1, -0.05) is 50.4 Å². The second-order valence-electron chi connectivity index (χ2n) is 13.0. The van der Waals surface area contributed by atoms with Crippen LogP contribution in [0.3, 0.4) is 0 Å². The van der Waals surface area contributed by atoms with Gasteiger partial charge in [-0.25, -0.2) is 0 Å². The fourth-order valence-electron chi connectivity index (χ4n) is 9.24. The summed E-state index contributed by atoms with van der Waals surface area (Å²) in [6.45, 7) is 14.9. The van der Waals surface area contributed by atoms with Gasteiger partial charge in [0.05, 0.1) is 24.4 Å². The van der Waals surface area contributed by atoms with Gasteiger partial charge in [0, 0.05) is 31.5 Å². The number of allylic oxidation sites excluding steroid dienone is 1. The quantitative estimate of drug-likeness (QED) is 0.563. The fourth-order valence-corrected chi connectivity index (χ4v) is 9.24. The number of ether oxygens (including phenoxy) is 2. The van der Waals surface area contributed by atoms with Gasteiger partial charge in [0.15, 0.2) is 0 Å². The van der Waals surface area contributed by atoms with Crippen LogP contribution in [0.4, 0.5) is 0 Å². The predicted molar refractivity (Wildman–Crippen MR) is 152 cm³/mol. The summed E-state index contributed by atoms with van der Waals surface area (Å²) >= 11 is 0. The Bertz CT molecular complexity index is 1340. The van der Waals surface area contributed by atoms with Crippen molar-refractivity contribution >= 4 is 13.2 Å². The Hall–Kier alpha value is -2.27. The van der Waals surface area contributed by atoms with Gasteiger partial charge >= 0.3 is 0 Å². The van der Waals surface area contributed by atoms with E-state index < -0.39 is 0 Å². The minimum atomic E-state index is -0.122. The van der Waals surface area contributed by atoms with Gasteiger partial charge in [0.1, 0.15) is 0 Å². The van der Waals surface area contributed by atoms with E-state index in [4.69, 9.17) is 9.47 Å². The molecule has 6 aliphatic rings. The summed E-state index contributed by atoms with van der Waals surface area (Å²) in [5.41, 5.74) is 4.43. The van der Waals surface area contributed by atoms with Gasteiger partial charge in [-0.3, -0.25) is 9.88 Å². The van der Waals surface area contributed by atoms with E-state index in [9.17, 15) is 0 Å². The SMILES string of the molecule is C=c1ccncc(=C)cc([C@H]2CC[C@@H]3[C@]2(C)CC=C2C=C4CC[C@@H](N5CCOCC5)C[C@]45CC[C@@]23O5)cc1. The van der Waals surface area contributed by atoms with Crippen molar-refractivity contribution in [2.45, 2.75) is 81.5 Å². The molecular formula is C34H42N2O2. The number of morpholine rings is 1. The fraction of sp³-hybridized carbons (Fsp3) is 0.559. The molecule has 0 aromatic carbocycles. The minimum Gasteiger partial charge on any atom is -0.379 e. The first kappa shape index (κ1) is 24.7. The van der Waals surface area contributed by atoms with E-state index in [2.05, 4.69) is 60.3 Å². The maximum atomic E-state index is 7.54. The standard InChI is InChI=1S/C34H42N2O2/c1-24-4-5-26(20-25(2)23-35-15-11-24)30-8-9-31-32(30,3)12-10-28-21-27-6-7-29(36-16-18-37-19-17-36)22-33(27)13-14-34(28,31)38-33/h4-5,10-11,15,20-21,23,29-31H,1-2,6-9,12-14,16-19,22H2,3H3/t29-,30-,31-,32-,33-,34-/m1/s1. The van der Waals surface area contributed by atoms with E-state index in [1.165, 1.54) is 43.2 Å². The maximum Gasteiger partial charge on any atom is 0.0974 e. The van der Waals surface area contributed by atoms with Gasteiger partial charge in [-0.15, -0.1) is 0 Å². The molecule has 2 saturated heterocycles. The highest BCUT2D eigenvalue weighted by Gasteiger charge is 2.66. The highest BCUT2D eigenvalue weighted by atomic mass is 16.5. The van der Waals surface area contributed by atoms with Gasteiger partial charge in [0.2, 0.25) is 0 Å². The summed E-state index contributed by atoms with van der Waals surface area (Å²) in [4.78, 5) is 7.08. The van der Waals surface area contributed by atoms with Crippen LogP contribution in [0, 0.1) is 11.3 Å². The number of rotatable bonds is 2. The zero-order valence-electron chi connectivity index (χ0n) is 23.0. The van der Waals surface area contributed by atoms with Crippen LogP contribution in [-0.4, -0.2) is 53.4 Å². The zero-order valence-corrected chi connectivity index (χ0v) is 23.0. The molecular weight excluding hydrogens is 468 g/mol. The molecule has 4 fully saturated rings. The highest BCUT2D eigenvalue weighted by molar-refractivity contribution is 5.48. The van der Waals surface area contributed by atoms with Crippen LogP contribution in [0.25, 0.3) is 13.2 Å². The summed E-state index contributed by atoms with van der Waals surface area (Å²) in [5, 5.41) is 1.93. The van der Waals surface area contributed by atoms with Gasteiger partial charge < -0.3 is 9.47 Å². The van der Waals surface area contributed by atoms with Gasteiger partial charge in [-0.05, 0) is 102 Å². The molecule has 38 heavy (non-hydrogen) atoms. The molecule has 2 spiro atoms. The number of hydrogen-bond acceptors (Lipinski definition) is 4. The molecule has 4 nitrogen and oxygen atoms in total. The van der Waals surface area contributed by atoms with Crippen molar-refractivity contribution in [1.29, 1.82) is 0 Å². The van der Waals surface area contributed by atoms with E-state index in [1.54, 1.807) is 11.8 Å². The monoisotopic (exact) mass is 510 g/mol. The second kappa shape index (κ2) is 9.15. The normalized spacial score (nSPS) is 39.8. The van der Waals surface area contributed by atoms with Crippen LogP contribution in [-0.2, 0) is 9.47 Å². The Morgan fingerprint density at radius 3 is 2.76 bits per heavy atom. The summed E-state index contributed by atoms with van der Waals surface area (Å²) < 4.78 is 13.2. The van der Waals surface area contributed by atoms with Crippen molar-refractivity contribution in [2.75, 3.05) is 26.3 Å². The van der Waals surface area contributed by atoms with Gasteiger partial charge in [0.25, 0.3) is 0 Å². The average Bonchev–Trinajstić information content (AvgIpc) is 3.44. The Kier molecular flexibility index (Phi) is 5.96. The number of hydrogen-bond donors (Lipinski definition) is 0. The van der Waals surface area contributed by atoms with Gasteiger partial charge in [-0.2, -0.15) is 0 Å². The van der Waals surface area contributed by atoms with Crippen LogP contribution < -0.4 is 10.4 Å². The lowest BCUT2D eigenvalue weighted by molar-refractivity contribution is -0.143. The molecule has 0 radical (unpaired) electrons. The topological polar surface area (TPSA) is 34.6 Å². The summed E-state index contributed by atoms with van der Waals surface area (Å²) in [6, 6.07) is 9.27. The minimum absolute atomic E-state index is 0.0563. The third-order valence-corrected chi connectivity index (χ3v) is 11.1. The summed E-state index contributed by atoms with van der Waals surface area (Å²) in [7, 11) is 0. The molecule has 4 heteroatoms. The van der Waals surface area contributed by atoms with Crippen LogP contribution in [0.2, 0.25) is 0 Å². The summed E-state index contributed by atoms with van der Waals surface area (Å²) in [5.74, 6) is 1.01. The van der Waals surface area contributed by atoms with E-state index in [-0.39, 0.29) is 16.6 Å². The second-order valence-corrected chi connectivity index (χ2v) is 13.0. The van der Waals surface area contributed by atoms with E-state index in [1.807, 2.05) is 12.3 Å². The number of fused-ring (bicyclic) bond motifs is 1. The molecule has 0 N–H and O–H groups in total. The molecule has 6 atom stereocenters. The van der Waals surface area contributed by atoms with Crippen molar-refractivity contribution in [3.05, 3.63) is 76.0 Å². The van der Waals surface area contributed by atoms with Crippen LogP contribution in [0.5, 0.6) is 0 Å². The summed E-state index contributed by atoms with van der Waals surface area (Å²) in [6.07, 6.45) is 18.3. The molecule has 3 aliphatic heterocycles. The van der Waals surface area contributed by atoms with Crippen molar-refractivity contribution in [3.8, 4) is 0 Å².